The normalized spacial score (nSPS) is 23.3. The van der Waals surface area contributed by atoms with E-state index in [1.807, 2.05) is 11.0 Å². The van der Waals surface area contributed by atoms with E-state index in [-0.39, 0.29) is 23.2 Å². The lowest BCUT2D eigenvalue weighted by Crippen LogP contribution is -2.36. The molecule has 0 bridgehead atoms. The summed E-state index contributed by atoms with van der Waals surface area (Å²) in [6, 6.07) is 1.85. The Bertz CT molecular complexity index is 877. The largest absolute Gasteiger partial charge is 0.345 e. The van der Waals surface area contributed by atoms with Crippen molar-refractivity contribution < 1.29 is 4.79 Å². The number of amides is 1. The summed E-state index contributed by atoms with van der Waals surface area (Å²) in [4.78, 5) is 21.7. The van der Waals surface area contributed by atoms with Gasteiger partial charge in [-0.3, -0.25) is 20.2 Å². The van der Waals surface area contributed by atoms with Crippen LogP contribution in [-0.4, -0.2) is 44.3 Å². The van der Waals surface area contributed by atoms with Crippen LogP contribution in [0.25, 0.3) is 11.2 Å². The first-order chi connectivity index (χ1) is 12.1. The number of hydrogen-bond acceptors (Lipinski definition) is 4. The summed E-state index contributed by atoms with van der Waals surface area (Å²) in [5, 5.41) is 17.0. The van der Waals surface area contributed by atoms with Crippen LogP contribution in [0.1, 0.15) is 32.6 Å². The highest BCUT2D eigenvalue weighted by Crippen LogP contribution is 2.35. The summed E-state index contributed by atoms with van der Waals surface area (Å²) >= 11 is 0. The van der Waals surface area contributed by atoms with Crippen molar-refractivity contribution in [1.82, 2.24) is 19.4 Å². The number of H-pyrrole nitrogens is 1. The molecule has 0 spiro atoms. The van der Waals surface area contributed by atoms with Crippen molar-refractivity contribution in [1.29, 1.82) is 10.8 Å². The van der Waals surface area contributed by atoms with E-state index in [1.54, 1.807) is 10.8 Å². The minimum atomic E-state index is -0.0391. The van der Waals surface area contributed by atoms with Crippen LogP contribution in [-0.2, 0) is 4.79 Å². The fourth-order valence-corrected chi connectivity index (χ4v) is 3.87. The van der Waals surface area contributed by atoms with Crippen molar-refractivity contribution >= 4 is 22.9 Å². The average Bonchev–Trinajstić information content (AvgIpc) is 3.13. The van der Waals surface area contributed by atoms with Gasteiger partial charge in [-0.1, -0.05) is 13.3 Å². The van der Waals surface area contributed by atoms with Crippen molar-refractivity contribution in [3.8, 4) is 0 Å². The molecule has 1 saturated carbocycles. The molecular weight excluding hydrogens is 316 g/mol. The van der Waals surface area contributed by atoms with Crippen LogP contribution in [0.5, 0.6) is 0 Å². The fraction of sp³-hybridized carbons (Fsp3) is 0.556. The second kappa shape index (κ2) is 6.13. The maximum absolute atomic E-state index is 12.5. The van der Waals surface area contributed by atoms with Gasteiger partial charge in [-0.05, 0) is 30.7 Å². The Balaban J connectivity index is 1.61. The van der Waals surface area contributed by atoms with Crippen molar-refractivity contribution in [2.75, 3.05) is 13.1 Å². The maximum Gasteiger partial charge on any atom is 0.222 e. The zero-order valence-electron chi connectivity index (χ0n) is 14.5. The molecule has 2 aliphatic rings. The Morgan fingerprint density at radius 1 is 1.40 bits per heavy atom. The third-order valence-corrected chi connectivity index (χ3v) is 5.57. The SMILES string of the molecule is CC[C@@H]1CN(C(=O)CC2CC2)C[C@@H]1C(=N)n1c(=N)cnc2[nH]ccc21. The highest BCUT2D eigenvalue weighted by molar-refractivity contribution is 5.92. The van der Waals surface area contributed by atoms with Crippen molar-refractivity contribution in [2.45, 2.75) is 32.6 Å². The van der Waals surface area contributed by atoms with Crippen LogP contribution in [0.3, 0.4) is 0 Å². The average molecular weight is 340 g/mol. The van der Waals surface area contributed by atoms with Gasteiger partial charge in [-0.2, -0.15) is 0 Å². The summed E-state index contributed by atoms with van der Waals surface area (Å²) in [5.74, 6) is 1.44. The second-order valence-corrected chi connectivity index (χ2v) is 7.30. The lowest BCUT2D eigenvalue weighted by atomic mass is 9.92. The van der Waals surface area contributed by atoms with Gasteiger partial charge in [0.15, 0.2) is 5.65 Å². The first-order valence-corrected chi connectivity index (χ1v) is 9.04. The smallest absolute Gasteiger partial charge is 0.222 e. The van der Waals surface area contributed by atoms with Crippen LogP contribution in [0, 0.1) is 28.6 Å². The first-order valence-electron chi connectivity index (χ1n) is 9.04. The van der Waals surface area contributed by atoms with Gasteiger partial charge in [-0.15, -0.1) is 0 Å². The lowest BCUT2D eigenvalue weighted by molar-refractivity contribution is -0.130. The van der Waals surface area contributed by atoms with E-state index in [9.17, 15) is 4.79 Å². The van der Waals surface area contributed by atoms with Crippen LogP contribution < -0.4 is 5.49 Å². The molecule has 0 aromatic carbocycles. The molecule has 1 saturated heterocycles. The number of aromatic nitrogens is 3. The van der Waals surface area contributed by atoms with E-state index in [0.717, 1.165) is 18.5 Å². The second-order valence-electron chi connectivity index (χ2n) is 7.30. The number of rotatable bonds is 4. The molecule has 132 valence electrons. The lowest BCUT2D eigenvalue weighted by Gasteiger charge is -2.20. The third-order valence-electron chi connectivity index (χ3n) is 5.57. The molecule has 7 nitrogen and oxygen atoms in total. The monoisotopic (exact) mass is 340 g/mol. The zero-order valence-corrected chi connectivity index (χ0v) is 14.5. The topological polar surface area (TPSA) is 102 Å². The van der Waals surface area contributed by atoms with E-state index in [0.29, 0.717) is 30.4 Å². The molecule has 3 heterocycles. The number of carbonyl (C=O) groups is 1. The van der Waals surface area contributed by atoms with Gasteiger partial charge in [0.25, 0.3) is 0 Å². The Kier molecular flexibility index (Phi) is 3.94. The molecule has 4 rings (SSSR count). The molecule has 7 heteroatoms. The van der Waals surface area contributed by atoms with Gasteiger partial charge in [0, 0.05) is 31.6 Å². The summed E-state index contributed by atoms with van der Waals surface area (Å²) in [5.41, 5.74) is 1.62. The summed E-state index contributed by atoms with van der Waals surface area (Å²) < 4.78 is 1.65. The van der Waals surface area contributed by atoms with Crippen LogP contribution in [0.4, 0.5) is 0 Å². The molecule has 2 aromatic rings. The van der Waals surface area contributed by atoms with E-state index in [2.05, 4.69) is 16.9 Å². The Morgan fingerprint density at radius 3 is 2.92 bits per heavy atom. The van der Waals surface area contributed by atoms with Crippen LogP contribution >= 0.6 is 0 Å². The summed E-state index contributed by atoms with van der Waals surface area (Å²) in [6.07, 6.45) is 7.19. The van der Waals surface area contributed by atoms with Gasteiger partial charge in [0.2, 0.25) is 5.91 Å². The molecule has 1 aliphatic carbocycles. The molecule has 0 unspecified atom stereocenters. The first kappa shape index (κ1) is 16.1. The number of aromatic amines is 1. The molecule has 0 radical (unpaired) electrons. The van der Waals surface area contributed by atoms with Crippen LogP contribution in [0.2, 0.25) is 0 Å². The molecule has 25 heavy (non-hydrogen) atoms. The molecule has 2 atom stereocenters. The Labute approximate surface area is 146 Å². The molecule has 3 N–H and O–H groups in total. The minimum Gasteiger partial charge on any atom is -0.345 e. The molecule has 1 aliphatic heterocycles. The predicted molar refractivity (Wildman–Crippen MR) is 94.3 cm³/mol. The van der Waals surface area contributed by atoms with Gasteiger partial charge in [-0.25, -0.2) is 4.98 Å². The number of hydrogen-bond donors (Lipinski definition) is 3. The number of fused-ring (bicyclic) bond motifs is 1. The molecule has 1 amide bonds. The van der Waals surface area contributed by atoms with E-state index in [4.69, 9.17) is 10.8 Å². The van der Waals surface area contributed by atoms with Crippen molar-refractivity contribution in [3.63, 3.8) is 0 Å². The van der Waals surface area contributed by atoms with Gasteiger partial charge in [0.05, 0.1) is 11.7 Å². The Hall–Kier alpha value is -2.44. The maximum atomic E-state index is 12.5. The van der Waals surface area contributed by atoms with Crippen molar-refractivity contribution in [2.24, 2.45) is 17.8 Å². The standard InChI is InChI=1S/C18H24N6O/c1-2-12-9-23(16(25)7-11-3-4-11)10-13(12)17(20)24-14-5-6-21-18(14)22-8-15(24)19/h5-6,8,11-13,19-21H,2-4,7,9-10H2,1H3/t12-,13+/m1/s1. The molecule has 2 aromatic heterocycles. The zero-order chi connectivity index (χ0) is 17.6. The van der Waals surface area contributed by atoms with Crippen LogP contribution in [0.15, 0.2) is 18.5 Å². The number of nitrogens with zero attached hydrogens (tertiary/aromatic N) is 3. The highest BCUT2D eigenvalue weighted by atomic mass is 16.2. The van der Waals surface area contributed by atoms with E-state index < -0.39 is 0 Å². The quantitative estimate of drug-likeness (QED) is 0.585. The van der Waals surface area contributed by atoms with E-state index >= 15 is 0 Å². The minimum absolute atomic E-state index is 0.0391. The summed E-state index contributed by atoms with van der Waals surface area (Å²) in [7, 11) is 0. The number of likely N-dealkylation sites (tertiary alicyclic amines) is 1. The van der Waals surface area contributed by atoms with Gasteiger partial charge >= 0.3 is 0 Å². The van der Waals surface area contributed by atoms with Gasteiger partial charge < -0.3 is 9.88 Å². The predicted octanol–water partition coefficient (Wildman–Crippen LogP) is 1.95. The van der Waals surface area contributed by atoms with Crippen molar-refractivity contribution in [3.05, 3.63) is 23.9 Å². The summed E-state index contributed by atoms with van der Waals surface area (Å²) in [6.45, 7) is 3.43. The fourth-order valence-electron chi connectivity index (χ4n) is 3.87. The number of nitrogens with one attached hydrogen (secondary N) is 3. The molecular formula is C18H24N6O. The molecule has 2 fully saturated rings. The Morgan fingerprint density at radius 2 is 2.20 bits per heavy atom. The third kappa shape index (κ3) is 2.88. The highest BCUT2D eigenvalue weighted by Gasteiger charge is 2.39. The van der Waals surface area contributed by atoms with Gasteiger partial charge in [0.1, 0.15) is 11.3 Å². The number of carbonyl (C=O) groups excluding carboxylic acids is 1. The van der Waals surface area contributed by atoms with E-state index in [1.165, 1.54) is 19.0 Å².